The Labute approximate surface area is 520 Å². The van der Waals surface area contributed by atoms with Gasteiger partial charge in [-0.1, -0.05) is 411 Å². The summed E-state index contributed by atoms with van der Waals surface area (Å²) < 4.78 is 5.51. The van der Waals surface area contributed by atoms with Crippen LogP contribution in [-0.2, 0) is 14.3 Å². The van der Waals surface area contributed by atoms with Crippen molar-refractivity contribution in [1.82, 2.24) is 5.32 Å². The molecule has 6 heteroatoms. The highest BCUT2D eigenvalue weighted by Crippen LogP contribution is 2.20. The average Bonchev–Trinajstić information content (AvgIpc) is 3.49. The van der Waals surface area contributed by atoms with E-state index in [0.29, 0.717) is 19.4 Å². The third kappa shape index (κ3) is 69.6. The van der Waals surface area contributed by atoms with E-state index in [2.05, 4.69) is 19.2 Å². The Hall–Kier alpha value is -1.40. The molecule has 0 heterocycles. The van der Waals surface area contributed by atoms with E-state index in [4.69, 9.17) is 4.74 Å². The van der Waals surface area contributed by atoms with Gasteiger partial charge >= 0.3 is 5.97 Å². The van der Waals surface area contributed by atoms with Crippen LogP contribution in [0.25, 0.3) is 0 Å². The van der Waals surface area contributed by atoms with E-state index in [1.165, 1.54) is 379 Å². The van der Waals surface area contributed by atoms with Crippen LogP contribution in [0.5, 0.6) is 0 Å². The number of esters is 1. The van der Waals surface area contributed by atoms with E-state index in [1.807, 2.05) is 6.08 Å². The van der Waals surface area contributed by atoms with Crippen LogP contribution in [-0.4, -0.2) is 47.4 Å². The third-order valence-electron chi connectivity index (χ3n) is 18.3. The number of aliphatic hydroxyl groups is 2. The summed E-state index contributed by atoms with van der Waals surface area (Å²) in [4.78, 5) is 24.7. The molecule has 3 N–H and O–H groups in total. The number of ether oxygens (including phenoxy) is 1. The summed E-state index contributed by atoms with van der Waals surface area (Å²) >= 11 is 0. The van der Waals surface area contributed by atoms with Gasteiger partial charge in [0, 0.05) is 12.8 Å². The van der Waals surface area contributed by atoms with Gasteiger partial charge in [-0.25, -0.2) is 0 Å². The zero-order valence-electron chi connectivity index (χ0n) is 56.7. The molecule has 0 rings (SSSR count). The Kier molecular flexibility index (Phi) is 71.8. The average molecular weight is 1170 g/mol. The monoisotopic (exact) mass is 1170 g/mol. The van der Waals surface area contributed by atoms with Crippen molar-refractivity contribution in [1.29, 1.82) is 0 Å². The molecule has 0 radical (unpaired) electrons. The minimum Gasteiger partial charge on any atom is -0.466 e. The quantitative estimate of drug-likeness (QED) is 0.0320. The smallest absolute Gasteiger partial charge is 0.305 e. The maximum Gasteiger partial charge on any atom is 0.305 e. The van der Waals surface area contributed by atoms with E-state index < -0.39 is 12.1 Å². The van der Waals surface area contributed by atoms with Crippen molar-refractivity contribution in [2.75, 3.05) is 13.2 Å². The molecule has 0 aromatic carbocycles. The van der Waals surface area contributed by atoms with Crippen molar-refractivity contribution in [3.63, 3.8) is 0 Å². The van der Waals surface area contributed by atoms with Crippen molar-refractivity contribution in [3.05, 3.63) is 12.2 Å². The third-order valence-corrected chi connectivity index (χ3v) is 18.3. The molecule has 0 aliphatic heterocycles. The normalized spacial score (nSPS) is 12.5. The predicted molar refractivity (Wildman–Crippen MR) is 366 cm³/mol. The molecule has 0 aromatic rings. The standard InChI is InChI=1S/C77H151NO5/c1-3-5-7-9-11-13-15-17-19-21-23-24-25-26-28-31-34-37-41-45-49-53-57-61-65-69-75(80)74(73-79)78-76(81)70-66-62-58-54-50-46-42-38-35-32-29-27-30-33-36-40-44-48-52-56-60-64-68-72-83-77(82)71-67-63-59-55-51-47-43-39-22-20-18-16-14-12-10-8-6-4-2/h65,69,74-75,79-80H,3-64,66-68,70-73H2,1-2H3,(H,78,81)/b69-65+. The van der Waals surface area contributed by atoms with Crippen LogP contribution < -0.4 is 5.32 Å². The van der Waals surface area contributed by atoms with Gasteiger partial charge in [-0.2, -0.15) is 0 Å². The maximum absolute atomic E-state index is 12.6. The van der Waals surface area contributed by atoms with Gasteiger partial charge in [0.05, 0.1) is 25.4 Å². The highest BCUT2D eigenvalue weighted by atomic mass is 16.5. The first kappa shape index (κ1) is 81.6. The highest BCUT2D eigenvalue weighted by molar-refractivity contribution is 5.76. The first-order valence-electron chi connectivity index (χ1n) is 38.5. The summed E-state index contributed by atoms with van der Waals surface area (Å²) in [5, 5.41) is 23.3. The lowest BCUT2D eigenvalue weighted by molar-refractivity contribution is -0.143. The van der Waals surface area contributed by atoms with Crippen LogP contribution in [0.1, 0.15) is 444 Å². The number of allylic oxidation sites excluding steroid dienone is 1. The zero-order chi connectivity index (χ0) is 59.9. The van der Waals surface area contributed by atoms with Crippen molar-refractivity contribution < 1.29 is 24.5 Å². The van der Waals surface area contributed by atoms with Crippen molar-refractivity contribution in [2.24, 2.45) is 0 Å². The van der Waals surface area contributed by atoms with Crippen molar-refractivity contribution in [2.45, 2.75) is 456 Å². The molecular weight excluding hydrogens is 1020 g/mol. The second-order valence-electron chi connectivity index (χ2n) is 26.7. The molecule has 0 saturated heterocycles. The molecule has 0 fully saturated rings. The number of nitrogens with one attached hydrogen (secondary N) is 1. The second-order valence-corrected chi connectivity index (χ2v) is 26.7. The zero-order valence-corrected chi connectivity index (χ0v) is 56.7. The predicted octanol–water partition coefficient (Wildman–Crippen LogP) is 25.1. The number of amides is 1. The van der Waals surface area contributed by atoms with Crippen molar-refractivity contribution in [3.8, 4) is 0 Å². The summed E-state index contributed by atoms with van der Waals surface area (Å²) in [6.45, 7) is 4.96. The molecule has 6 nitrogen and oxygen atoms in total. The van der Waals surface area contributed by atoms with Gasteiger partial charge < -0.3 is 20.3 Å². The fourth-order valence-electron chi connectivity index (χ4n) is 12.5. The van der Waals surface area contributed by atoms with Gasteiger partial charge in [-0.15, -0.1) is 0 Å². The van der Waals surface area contributed by atoms with E-state index in [9.17, 15) is 19.8 Å². The summed E-state index contributed by atoms with van der Waals surface area (Å²) in [5.74, 6) is -0.0418. The fourth-order valence-corrected chi connectivity index (χ4v) is 12.5. The summed E-state index contributed by atoms with van der Waals surface area (Å²) in [5.41, 5.74) is 0. The first-order chi connectivity index (χ1) is 41.0. The minimum absolute atomic E-state index is 0.0198. The van der Waals surface area contributed by atoms with Gasteiger partial charge in [0.25, 0.3) is 0 Å². The molecule has 0 aliphatic carbocycles. The number of hydrogen-bond acceptors (Lipinski definition) is 5. The number of rotatable bonds is 73. The molecule has 0 aromatic heterocycles. The van der Waals surface area contributed by atoms with Crippen LogP contribution >= 0.6 is 0 Å². The van der Waals surface area contributed by atoms with E-state index in [1.54, 1.807) is 6.08 Å². The molecule has 83 heavy (non-hydrogen) atoms. The topological polar surface area (TPSA) is 95.9 Å². The second kappa shape index (κ2) is 73.1. The highest BCUT2D eigenvalue weighted by Gasteiger charge is 2.18. The lowest BCUT2D eigenvalue weighted by atomic mass is 10.0. The van der Waals surface area contributed by atoms with Crippen LogP contribution in [0.4, 0.5) is 0 Å². The lowest BCUT2D eigenvalue weighted by Crippen LogP contribution is -2.45. The Bertz CT molecular complexity index is 1260. The maximum atomic E-state index is 12.6. The molecule has 1 amide bonds. The number of aliphatic hydroxyl groups excluding tert-OH is 2. The van der Waals surface area contributed by atoms with Crippen LogP contribution in [0.15, 0.2) is 12.2 Å². The van der Waals surface area contributed by atoms with Gasteiger partial charge in [-0.3, -0.25) is 9.59 Å². The Morgan fingerprint density at radius 2 is 0.554 bits per heavy atom. The van der Waals surface area contributed by atoms with E-state index >= 15 is 0 Å². The van der Waals surface area contributed by atoms with Gasteiger partial charge in [-0.05, 0) is 32.1 Å². The van der Waals surface area contributed by atoms with Gasteiger partial charge in [0.1, 0.15) is 0 Å². The number of carbonyl (C=O) groups excluding carboxylic acids is 2. The number of hydrogen-bond donors (Lipinski definition) is 3. The van der Waals surface area contributed by atoms with Gasteiger partial charge in [0.15, 0.2) is 0 Å². The minimum atomic E-state index is -0.845. The molecule has 494 valence electrons. The molecule has 2 atom stereocenters. The molecule has 0 saturated carbocycles. The van der Waals surface area contributed by atoms with Crippen LogP contribution in [0, 0.1) is 0 Å². The summed E-state index contributed by atoms with van der Waals surface area (Å²) in [6, 6.07) is -0.628. The van der Waals surface area contributed by atoms with E-state index in [0.717, 1.165) is 38.5 Å². The van der Waals surface area contributed by atoms with Crippen LogP contribution in [0.3, 0.4) is 0 Å². The largest absolute Gasteiger partial charge is 0.466 e. The molecule has 0 spiro atoms. The van der Waals surface area contributed by atoms with E-state index in [-0.39, 0.29) is 18.5 Å². The molecule has 0 bridgehead atoms. The Morgan fingerprint density at radius 3 is 0.819 bits per heavy atom. The lowest BCUT2D eigenvalue weighted by Gasteiger charge is -2.20. The molecular formula is C77H151NO5. The Morgan fingerprint density at radius 1 is 0.325 bits per heavy atom. The molecule has 0 aliphatic rings. The summed E-state index contributed by atoms with van der Waals surface area (Å²) in [6.07, 6.45) is 91.7. The number of carbonyl (C=O) groups is 2. The summed E-state index contributed by atoms with van der Waals surface area (Å²) in [7, 11) is 0. The SMILES string of the molecule is CCCCCCCCCCCCCCCCCCCCCCCCC/C=C/C(O)C(CO)NC(=O)CCCCCCCCCCCCCCCCCCCCCCCCCOC(=O)CCCCCCCCCCCCCCCCCCCC. The first-order valence-corrected chi connectivity index (χ1v) is 38.5. The molecule has 2 unspecified atom stereocenters. The van der Waals surface area contributed by atoms with Gasteiger partial charge in [0.2, 0.25) is 5.91 Å². The van der Waals surface area contributed by atoms with Crippen LogP contribution in [0.2, 0.25) is 0 Å². The Balaban J connectivity index is 3.38. The fraction of sp³-hybridized carbons (Fsp3) is 0.948. The van der Waals surface area contributed by atoms with Crippen molar-refractivity contribution >= 4 is 11.9 Å². The number of unbranched alkanes of at least 4 members (excludes halogenated alkanes) is 62.